The lowest BCUT2D eigenvalue weighted by molar-refractivity contribution is 0.410. The molecule has 15 heavy (non-hydrogen) atoms. The Kier molecular flexibility index (Phi) is 3.96. The number of benzene rings is 1. The Morgan fingerprint density at radius 2 is 1.93 bits per heavy atom. The Morgan fingerprint density at radius 1 is 1.33 bits per heavy atom. The third kappa shape index (κ3) is 2.61. The molecule has 0 aromatic heterocycles. The van der Waals surface area contributed by atoms with Crippen molar-refractivity contribution >= 4 is 32.6 Å². The number of hydrogen-bond acceptors (Lipinski definition) is 3. The van der Waals surface area contributed by atoms with Crippen LogP contribution >= 0.6 is 22.6 Å². The van der Waals surface area contributed by atoms with E-state index in [9.17, 15) is 8.42 Å². The first kappa shape index (κ1) is 12.7. The van der Waals surface area contributed by atoms with Gasteiger partial charge in [0.25, 0.3) is 0 Å². The molecule has 0 aliphatic rings. The minimum absolute atomic E-state index is 0.241. The molecule has 84 valence electrons. The molecule has 0 amide bonds. The molecule has 0 atom stereocenters. The quantitative estimate of drug-likeness (QED) is 0.784. The first-order valence-electron chi connectivity index (χ1n) is 4.15. The molecular weight excluding hydrogens is 329 g/mol. The summed E-state index contributed by atoms with van der Waals surface area (Å²) in [5, 5.41) is 0. The van der Waals surface area contributed by atoms with E-state index in [0.29, 0.717) is 5.75 Å². The van der Waals surface area contributed by atoms with Crippen molar-refractivity contribution in [2.24, 2.45) is 0 Å². The smallest absolute Gasteiger partial charge is 0.242 e. The van der Waals surface area contributed by atoms with Crippen molar-refractivity contribution in [2.45, 2.75) is 4.90 Å². The predicted molar refractivity (Wildman–Crippen MR) is 66.6 cm³/mol. The number of ether oxygens (including phenoxy) is 1. The summed E-state index contributed by atoms with van der Waals surface area (Å²) >= 11 is 2.09. The van der Waals surface area contributed by atoms with Gasteiger partial charge in [0, 0.05) is 20.2 Å². The highest BCUT2D eigenvalue weighted by Crippen LogP contribution is 2.25. The summed E-state index contributed by atoms with van der Waals surface area (Å²) in [5.74, 6) is 0.568. The molecule has 1 aromatic carbocycles. The lowest BCUT2D eigenvalue weighted by Crippen LogP contribution is -2.22. The van der Waals surface area contributed by atoms with Crippen molar-refractivity contribution < 1.29 is 13.2 Å². The highest BCUT2D eigenvalue weighted by atomic mass is 127. The maximum atomic E-state index is 11.8. The van der Waals surface area contributed by atoms with Gasteiger partial charge in [0.05, 0.1) is 15.6 Å². The summed E-state index contributed by atoms with van der Waals surface area (Å²) in [4.78, 5) is 0.241. The van der Waals surface area contributed by atoms with Gasteiger partial charge in [-0.15, -0.1) is 0 Å². The van der Waals surface area contributed by atoms with E-state index in [4.69, 9.17) is 4.74 Å². The summed E-state index contributed by atoms with van der Waals surface area (Å²) < 4.78 is 30.7. The molecule has 0 fully saturated rings. The van der Waals surface area contributed by atoms with Crippen molar-refractivity contribution in [3.05, 3.63) is 21.8 Å². The topological polar surface area (TPSA) is 46.6 Å². The molecule has 0 radical (unpaired) electrons. The third-order valence-corrected chi connectivity index (χ3v) is 4.60. The SMILES string of the molecule is COc1cc(S(=O)(=O)N(C)C)ccc1I. The second-order valence-electron chi connectivity index (χ2n) is 3.08. The van der Waals surface area contributed by atoms with Crippen LogP contribution in [0.25, 0.3) is 0 Å². The summed E-state index contributed by atoms with van der Waals surface area (Å²) in [5.41, 5.74) is 0. The van der Waals surface area contributed by atoms with Crippen molar-refractivity contribution in [3.8, 4) is 5.75 Å². The normalized spacial score (nSPS) is 11.8. The molecule has 0 bridgehead atoms. The number of sulfonamides is 1. The van der Waals surface area contributed by atoms with E-state index >= 15 is 0 Å². The highest BCUT2D eigenvalue weighted by molar-refractivity contribution is 14.1. The monoisotopic (exact) mass is 341 g/mol. The Hall–Kier alpha value is -0.340. The largest absolute Gasteiger partial charge is 0.496 e. The van der Waals surface area contributed by atoms with Crippen molar-refractivity contribution in [1.82, 2.24) is 4.31 Å². The molecule has 1 rings (SSSR count). The zero-order valence-electron chi connectivity index (χ0n) is 8.69. The van der Waals surface area contributed by atoms with Gasteiger partial charge >= 0.3 is 0 Å². The van der Waals surface area contributed by atoms with Gasteiger partial charge in [-0.2, -0.15) is 0 Å². The first-order valence-corrected chi connectivity index (χ1v) is 6.67. The second kappa shape index (κ2) is 4.67. The summed E-state index contributed by atoms with van der Waals surface area (Å²) in [6.07, 6.45) is 0. The summed E-state index contributed by atoms with van der Waals surface area (Å²) in [7, 11) is 1.14. The summed E-state index contributed by atoms with van der Waals surface area (Å²) in [6.45, 7) is 0. The maximum absolute atomic E-state index is 11.8. The Bertz CT molecular complexity index is 456. The van der Waals surface area contributed by atoms with Crippen LogP contribution in [0.2, 0.25) is 0 Å². The number of rotatable bonds is 3. The molecular formula is C9H12INO3S. The van der Waals surface area contributed by atoms with Crippen LogP contribution in [0, 0.1) is 3.57 Å². The Morgan fingerprint density at radius 3 is 2.40 bits per heavy atom. The van der Waals surface area contributed by atoms with Crippen LogP contribution in [0.3, 0.4) is 0 Å². The van der Waals surface area contributed by atoms with Gasteiger partial charge in [-0.25, -0.2) is 12.7 Å². The van der Waals surface area contributed by atoms with E-state index in [2.05, 4.69) is 22.6 Å². The Balaban J connectivity index is 3.29. The van der Waals surface area contributed by atoms with Crippen LogP contribution in [0.4, 0.5) is 0 Å². The van der Waals surface area contributed by atoms with E-state index in [0.717, 1.165) is 3.57 Å². The lowest BCUT2D eigenvalue weighted by Gasteiger charge is -2.12. The van der Waals surface area contributed by atoms with Gasteiger partial charge in [-0.1, -0.05) is 0 Å². The number of hydrogen-bond donors (Lipinski definition) is 0. The molecule has 0 aliphatic heterocycles. The molecule has 1 aromatic rings. The van der Waals surface area contributed by atoms with E-state index in [1.807, 2.05) is 0 Å². The minimum atomic E-state index is -3.38. The zero-order valence-corrected chi connectivity index (χ0v) is 11.7. The average molecular weight is 341 g/mol. The van der Waals surface area contributed by atoms with Crippen molar-refractivity contribution in [1.29, 1.82) is 0 Å². The zero-order chi connectivity index (χ0) is 11.6. The van der Waals surface area contributed by atoms with Crippen LogP contribution < -0.4 is 4.74 Å². The minimum Gasteiger partial charge on any atom is -0.496 e. The van der Waals surface area contributed by atoms with E-state index < -0.39 is 10.0 Å². The molecule has 0 aliphatic carbocycles. The van der Waals surface area contributed by atoms with Gasteiger partial charge in [0.2, 0.25) is 10.0 Å². The average Bonchev–Trinajstić information content (AvgIpc) is 2.18. The molecule has 0 heterocycles. The van der Waals surface area contributed by atoms with E-state index in [-0.39, 0.29) is 4.90 Å². The van der Waals surface area contributed by atoms with Gasteiger partial charge < -0.3 is 4.74 Å². The van der Waals surface area contributed by atoms with Crippen molar-refractivity contribution in [3.63, 3.8) is 0 Å². The Labute approximate surface area is 103 Å². The lowest BCUT2D eigenvalue weighted by atomic mass is 10.3. The number of halogens is 1. The molecule has 0 spiro atoms. The summed E-state index contributed by atoms with van der Waals surface area (Å²) in [6, 6.07) is 4.81. The molecule has 0 unspecified atom stereocenters. The van der Waals surface area contributed by atoms with Crippen LogP contribution in [0.5, 0.6) is 5.75 Å². The first-order chi connectivity index (χ1) is 6.89. The van der Waals surface area contributed by atoms with Crippen LogP contribution in [-0.2, 0) is 10.0 Å². The van der Waals surface area contributed by atoms with E-state index in [1.54, 1.807) is 12.1 Å². The standard InChI is InChI=1S/C9H12INO3S/c1-11(2)15(12,13)7-4-5-8(10)9(6-7)14-3/h4-6H,1-3H3. The molecule has 4 nitrogen and oxygen atoms in total. The fourth-order valence-corrected chi connectivity index (χ4v) is 2.48. The van der Waals surface area contributed by atoms with Gasteiger partial charge in [-0.3, -0.25) is 0 Å². The number of nitrogens with zero attached hydrogens (tertiary/aromatic N) is 1. The van der Waals surface area contributed by atoms with Crippen LogP contribution in [0.1, 0.15) is 0 Å². The van der Waals surface area contributed by atoms with Gasteiger partial charge in [0.15, 0.2) is 0 Å². The molecule has 0 saturated carbocycles. The van der Waals surface area contributed by atoms with E-state index in [1.165, 1.54) is 31.6 Å². The molecule has 0 saturated heterocycles. The molecule has 0 N–H and O–H groups in total. The highest BCUT2D eigenvalue weighted by Gasteiger charge is 2.18. The van der Waals surface area contributed by atoms with Gasteiger partial charge in [0.1, 0.15) is 5.75 Å². The van der Waals surface area contributed by atoms with Gasteiger partial charge in [-0.05, 0) is 34.7 Å². The van der Waals surface area contributed by atoms with Crippen molar-refractivity contribution in [2.75, 3.05) is 21.2 Å². The fourth-order valence-electron chi connectivity index (χ4n) is 1.01. The second-order valence-corrected chi connectivity index (χ2v) is 6.40. The van der Waals surface area contributed by atoms with Crippen LogP contribution in [-0.4, -0.2) is 33.9 Å². The molecule has 6 heteroatoms. The third-order valence-electron chi connectivity index (χ3n) is 1.90. The van der Waals surface area contributed by atoms with Crippen LogP contribution in [0.15, 0.2) is 23.1 Å². The number of methoxy groups -OCH3 is 1. The predicted octanol–water partition coefficient (Wildman–Crippen LogP) is 1.55. The fraction of sp³-hybridized carbons (Fsp3) is 0.333. The maximum Gasteiger partial charge on any atom is 0.242 e.